The molecule has 6 heteroatoms. The molecule has 0 bridgehead atoms. The van der Waals surface area contributed by atoms with E-state index in [-0.39, 0.29) is 17.7 Å². The van der Waals surface area contributed by atoms with Crippen LogP contribution in [0.3, 0.4) is 0 Å². The van der Waals surface area contributed by atoms with Gasteiger partial charge in [0, 0.05) is 42.6 Å². The molecule has 0 N–H and O–H groups in total. The first-order valence-corrected chi connectivity index (χ1v) is 9.14. The molecule has 1 amide bonds. The van der Waals surface area contributed by atoms with E-state index >= 15 is 0 Å². The van der Waals surface area contributed by atoms with Gasteiger partial charge in [0.25, 0.3) is 0 Å². The zero-order chi connectivity index (χ0) is 16.7. The molecule has 1 aliphatic carbocycles. The first kappa shape index (κ1) is 15.7. The summed E-state index contributed by atoms with van der Waals surface area (Å²) in [4.78, 5) is 19.0. The lowest BCUT2D eigenvalue weighted by molar-refractivity contribution is -0.133. The Morgan fingerprint density at radius 1 is 1.33 bits per heavy atom. The standard InChI is InChI=1S/C18H18F2N2OS/c19-12-3-4-13(16(20)8-12)14-9-15(14)18(23)22-6-1-2-11(10-22)17-21-5-7-24-17/h3-5,7-8,11,14-15H,1-2,6,9-10H2/t11-,14+,15-/m1/s1. The minimum Gasteiger partial charge on any atom is -0.342 e. The number of aromatic nitrogens is 1. The number of hydrogen-bond acceptors (Lipinski definition) is 3. The fraction of sp³-hybridized carbons (Fsp3) is 0.444. The Bertz CT molecular complexity index is 749. The van der Waals surface area contributed by atoms with Gasteiger partial charge in [-0.3, -0.25) is 4.79 Å². The van der Waals surface area contributed by atoms with Crippen LogP contribution >= 0.6 is 11.3 Å². The van der Waals surface area contributed by atoms with E-state index < -0.39 is 11.6 Å². The van der Waals surface area contributed by atoms with Crippen molar-refractivity contribution < 1.29 is 13.6 Å². The number of thiazole rings is 1. The van der Waals surface area contributed by atoms with Gasteiger partial charge in [0.2, 0.25) is 5.91 Å². The molecule has 2 aromatic rings. The van der Waals surface area contributed by atoms with Gasteiger partial charge < -0.3 is 4.90 Å². The summed E-state index contributed by atoms with van der Waals surface area (Å²) < 4.78 is 26.9. The van der Waals surface area contributed by atoms with Crippen LogP contribution in [0.2, 0.25) is 0 Å². The van der Waals surface area contributed by atoms with Crippen molar-refractivity contribution in [3.05, 3.63) is 52.0 Å². The fourth-order valence-electron chi connectivity index (χ4n) is 3.66. The van der Waals surface area contributed by atoms with Gasteiger partial charge in [0.1, 0.15) is 11.6 Å². The Balaban J connectivity index is 1.43. The van der Waals surface area contributed by atoms with Crippen LogP contribution in [0.4, 0.5) is 8.78 Å². The number of carbonyl (C=O) groups excluding carboxylic acids is 1. The Morgan fingerprint density at radius 2 is 2.21 bits per heavy atom. The first-order valence-electron chi connectivity index (χ1n) is 8.26. The third-order valence-corrected chi connectivity index (χ3v) is 5.94. The lowest BCUT2D eigenvalue weighted by Gasteiger charge is -2.32. The highest BCUT2D eigenvalue weighted by molar-refractivity contribution is 7.09. The number of piperidine rings is 1. The molecule has 3 nitrogen and oxygen atoms in total. The van der Waals surface area contributed by atoms with E-state index in [2.05, 4.69) is 4.98 Å². The summed E-state index contributed by atoms with van der Waals surface area (Å²) in [6, 6.07) is 3.63. The maximum absolute atomic E-state index is 13.9. The van der Waals surface area contributed by atoms with Gasteiger partial charge in [-0.25, -0.2) is 13.8 Å². The Kier molecular flexibility index (Phi) is 4.08. The SMILES string of the molecule is O=C([C@@H]1C[C@H]1c1ccc(F)cc1F)N1CCC[C@@H](c2nccs2)C1. The average molecular weight is 348 g/mol. The predicted octanol–water partition coefficient (Wildman–Crippen LogP) is 3.93. The summed E-state index contributed by atoms with van der Waals surface area (Å²) in [6.45, 7) is 1.46. The van der Waals surface area contributed by atoms with Crippen LogP contribution in [0.15, 0.2) is 29.8 Å². The molecule has 0 unspecified atom stereocenters. The van der Waals surface area contributed by atoms with Gasteiger partial charge in [-0.1, -0.05) is 6.07 Å². The highest BCUT2D eigenvalue weighted by atomic mass is 32.1. The molecule has 4 rings (SSSR count). The first-order chi connectivity index (χ1) is 11.6. The minimum absolute atomic E-state index is 0.102. The van der Waals surface area contributed by atoms with Gasteiger partial charge in [-0.15, -0.1) is 11.3 Å². The van der Waals surface area contributed by atoms with E-state index in [1.54, 1.807) is 17.5 Å². The van der Waals surface area contributed by atoms with E-state index in [4.69, 9.17) is 0 Å². The maximum atomic E-state index is 13.9. The highest BCUT2D eigenvalue weighted by Crippen LogP contribution is 2.49. The molecule has 0 spiro atoms. The lowest BCUT2D eigenvalue weighted by atomic mass is 9.98. The zero-order valence-corrected chi connectivity index (χ0v) is 13.9. The van der Waals surface area contributed by atoms with Crippen LogP contribution in [0.1, 0.15) is 41.7 Å². The molecule has 1 saturated heterocycles. The topological polar surface area (TPSA) is 33.2 Å². The van der Waals surface area contributed by atoms with Crippen molar-refractivity contribution in [3.63, 3.8) is 0 Å². The van der Waals surface area contributed by atoms with Crippen molar-refractivity contribution in [2.24, 2.45) is 5.92 Å². The second-order valence-corrected chi connectivity index (χ2v) is 7.53. The van der Waals surface area contributed by atoms with Gasteiger partial charge in [0.05, 0.1) is 5.01 Å². The van der Waals surface area contributed by atoms with Gasteiger partial charge in [-0.2, -0.15) is 0 Å². The number of halogens is 2. The largest absolute Gasteiger partial charge is 0.342 e. The molecule has 1 aliphatic heterocycles. The Hall–Kier alpha value is -1.82. The van der Waals surface area contributed by atoms with E-state index in [0.29, 0.717) is 24.4 Å². The molecule has 2 heterocycles. The number of likely N-dealkylation sites (tertiary alicyclic amines) is 1. The molecule has 1 aromatic heterocycles. The third-order valence-electron chi connectivity index (χ3n) is 5.00. The van der Waals surface area contributed by atoms with Gasteiger partial charge in [-0.05, 0) is 36.8 Å². The number of benzene rings is 1. The highest BCUT2D eigenvalue weighted by Gasteiger charge is 2.47. The van der Waals surface area contributed by atoms with Crippen molar-refractivity contribution in [2.75, 3.05) is 13.1 Å². The lowest BCUT2D eigenvalue weighted by Crippen LogP contribution is -2.40. The molecular formula is C18H18F2N2OS. The van der Waals surface area contributed by atoms with E-state index in [9.17, 15) is 13.6 Å². The smallest absolute Gasteiger partial charge is 0.226 e. The number of amides is 1. The molecular weight excluding hydrogens is 330 g/mol. The molecule has 3 atom stereocenters. The fourth-order valence-corrected chi connectivity index (χ4v) is 4.43. The van der Waals surface area contributed by atoms with Crippen molar-refractivity contribution in [2.45, 2.75) is 31.1 Å². The number of hydrogen-bond donors (Lipinski definition) is 0. The van der Waals surface area contributed by atoms with Crippen molar-refractivity contribution in [1.82, 2.24) is 9.88 Å². The van der Waals surface area contributed by atoms with Crippen LogP contribution in [0, 0.1) is 17.6 Å². The number of carbonyl (C=O) groups is 1. The number of nitrogens with zero attached hydrogens (tertiary/aromatic N) is 2. The quantitative estimate of drug-likeness (QED) is 0.842. The Labute approximate surface area is 143 Å². The summed E-state index contributed by atoms with van der Waals surface area (Å²) in [6.07, 6.45) is 4.48. The summed E-state index contributed by atoms with van der Waals surface area (Å²) in [5, 5.41) is 3.05. The third kappa shape index (κ3) is 2.95. The molecule has 126 valence electrons. The summed E-state index contributed by atoms with van der Waals surface area (Å²) in [5.41, 5.74) is 0.461. The summed E-state index contributed by atoms with van der Waals surface area (Å²) >= 11 is 1.63. The summed E-state index contributed by atoms with van der Waals surface area (Å²) in [5.74, 6) is -0.998. The summed E-state index contributed by atoms with van der Waals surface area (Å²) in [7, 11) is 0. The van der Waals surface area contributed by atoms with E-state index in [0.717, 1.165) is 30.5 Å². The average Bonchev–Trinajstić information content (AvgIpc) is 3.17. The van der Waals surface area contributed by atoms with Gasteiger partial charge in [0.15, 0.2) is 0 Å². The molecule has 1 aromatic carbocycles. The normalized spacial score (nSPS) is 26.4. The molecule has 2 aliphatic rings. The molecule has 24 heavy (non-hydrogen) atoms. The van der Waals surface area contributed by atoms with Gasteiger partial charge >= 0.3 is 0 Å². The second kappa shape index (κ2) is 6.24. The minimum atomic E-state index is -0.581. The van der Waals surface area contributed by atoms with Crippen molar-refractivity contribution in [1.29, 1.82) is 0 Å². The van der Waals surface area contributed by atoms with Crippen LogP contribution in [-0.4, -0.2) is 28.9 Å². The Morgan fingerprint density at radius 3 is 2.96 bits per heavy atom. The van der Waals surface area contributed by atoms with Crippen LogP contribution < -0.4 is 0 Å². The van der Waals surface area contributed by atoms with Crippen LogP contribution in [-0.2, 0) is 4.79 Å². The second-order valence-electron chi connectivity index (χ2n) is 6.61. The zero-order valence-electron chi connectivity index (χ0n) is 13.1. The maximum Gasteiger partial charge on any atom is 0.226 e. The molecule has 2 fully saturated rings. The van der Waals surface area contributed by atoms with Crippen molar-refractivity contribution in [3.8, 4) is 0 Å². The van der Waals surface area contributed by atoms with Crippen molar-refractivity contribution >= 4 is 17.2 Å². The van der Waals surface area contributed by atoms with Crippen LogP contribution in [0.25, 0.3) is 0 Å². The van der Waals surface area contributed by atoms with E-state index in [1.807, 2.05) is 10.3 Å². The van der Waals surface area contributed by atoms with Crippen LogP contribution in [0.5, 0.6) is 0 Å². The monoisotopic (exact) mass is 348 g/mol. The predicted molar refractivity (Wildman–Crippen MR) is 87.9 cm³/mol. The molecule has 1 saturated carbocycles. The van der Waals surface area contributed by atoms with E-state index in [1.165, 1.54) is 12.1 Å². The number of rotatable bonds is 3. The molecule has 0 radical (unpaired) electrons.